The molecule has 3 aromatic rings. The first-order valence-corrected chi connectivity index (χ1v) is 5.99. The Morgan fingerprint density at radius 3 is 3.00 bits per heavy atom. The van der Waals surface area contributed by atoms with E-state index >= 15 is 0 Å². The number of rotatable bonds is 3. The van der Waals surface area contributed by atoms with Crippen LogP contribution in [0.5, 0.6) is 0 Å². The van der Waals surface area contributed by atoms with Gasteiger partial charge in [-0.3, -0.25) is 9.48 Å². The molecule has 2 heterocycles. The molecule has 1 aromatic carbocycles. The lowest BCUT2D eigenvalue weighted by molar-refractivity contribution is 0.0976. The normalized spacial score (nSPS) is 13.2. The van der Waals surface area contributed by atoms with E-state index in [4.69, 9.17) is 15.9 Å². The summed E-state index contributed by atoms with van der Waals surface area (Å²) in [4.78, 5) is 11.2. The highest BCUT2D eigenvalue weighted by Crippen LogP contribution is 2.28. The predicted molar refractivity (Wildman–Crippen MR) is 71.7 cm³/mol. The summed E-state index contributed by atoms with van der Waals surface area (Å²) in [6.45, 7) is 2.51. The molecule has 0 aliphatic rings. The van der Waals surface area contributed by atoms with Crippen LogP contribution in [0.25, 0.3) is 21.9 Å². The largest absolute Gasteiger partial charge is 0.451 e. The van der Waals surface area contributed by atoms with Crippen LogP contribution in [0.15, 0.2) is 28.8 Å². The minimum Gasteiger partial charge on any atom is -0.451 e. The number of furan rings is 1. The topological polar surface area (TPSA) is 100 Å². The number of hydrogen-bond acceptors (Lipinski definition) is 4. The van der Waals surface area contributed by atoms with E-state index in [0.717, 1.165) is 16.3 Å². The minimum absolute atomic E-state index is 0.0131. The van der Waals surface area contributed by atoms with E-state index in [2.05, 4.69) is 5.10 Å². The highest BCUT2D eigenvalue weighted by atomic mass is 16.3. The Labute approximate surface area is 108 Å². The van der Waals surface area contributed by atoms with E-state index in [-0.39, 0.29) is 11.8 Å². The van der Waals surface area contributed by atoms with Gasteiger partial charge in [0.1, 0.15) is 5.58 Å². The molecule has 6 nitrogen and oxygen atoms in total. The van der Waals surface area contributed by atoms with Crippen molar-refractivity contribution in [3.05, 3.63) is 30.2 Å². The second-order valence-corrected chi connectivity index (χ2v) is 4.69. The first-order chi connectivity index (χ1) is 9.06. The number of nitrogens with zero attached hydrogens (tertiary/aromatic N) is 2. The number of amides is 1. The van der Waals surface area contributed by atoms with Gasteiger partial charge < -0.3 is 15.9 Å². The number of primary amides is 1. The van der Waals surface area contributed by atoms with Crippen molar-refractivity contribution >= 4 is 27.8 Å². The highest BCUT2D eigenvalue weighted by Gasteiger charge is 2.14. The van der Waals surface area contributed by atoms with Gasteiger partial charge in [0.05, 0.1) is 18.3 Å². The Hall–Kier alpha value is -2.34. The maximum absolute atomic E-state index is 11.2. The first kappa shape index (κ1) is 11.7. The zero-order chi connectivity index (χ0) is 13.6. The lowest BCUT2D eigenvalue weighted by Gasteiger charge is -2.06. The van der Waals surface area contributed by atoms with Crippen molar-refractivity contribution in [1.82, 2.24) is 9.78 Å². The summed E-state index contributed by atoms with van der Waals surface area (Å²) in [6.07, 6.45) is 1.77. The first-order valence-electron chi connectivity index (χ1n) is 5.99. The Morgan fingerprint density at radius 1 is 1.53 bits per heavy atom. The van der Waals surface area contributed by atoms with Gasteiger partial charge in [0, 0.05) is 16.8 Å². The second-order valence-electron chi connectivity index (χ2n) is 4.69. The number of aromatic nitrogens is 2. The summed E-state index contributed by atoms with van der Waals surface area (Å²) in [7, 11) is 0. The Kier molecular flexibility index (Phi) is 2.53. The van der Waals surface area contributed by atoms with Crippen LogP contribution in [-0.4, -0.2) is 21.7 Å². The maximum atomic E-state index is 11.2. The van der Waals surface area contributed by atoms with E-state index in [0.29, 0.717) is 12.1 Å². The van der Waals surface area contributed by atoms with Gasteiger partial charge in [-0.25, -0.2) is 0 Å². The van der Waals surface area contributed by atoms with Gasteiger partial charge in [-0.15, -0.1) is 0 Å². The molecule has 0 bridgehead atoms. The van der Waals surface area contributed by atoms with Crippen LogP contribution in [0.1, 0.15) is 17.5 Å². The molecule has 4 N–H and O–H groups in total. The maximum Gasteiger partial charge on any atom is 0.284 e. The smallest absolute Gasteiger partial charge is 0.284 e. The van der Waals surface area contributed by atoms with E-state index < -0.39 is 5.91 Å². The van der Waals surface area contributed by atoms with Crippen LogP contribution in [-0.2, 0) is 6.54 Å². The van der Waals surface area contributed by atoms with Crippen molar-refractivity contribution < 1.29 is 9.21 Å². The SMILES string of the molecule is CC(N)Cn1ncc2ccc3oc(C(N)=O)cc3c21. The van der Waals surface area contributed by atoms with Crippen molar-refractivity contribution in [2.75, 3.05) is 0 Å². The van der Waals surface area contributed by atoms with E-state index in [9.17, 15) is 4.79 Å². The van der Waals surface area contributed by atoms with Gasteiger partial charge in [0.25, 0.3) is 5.91 Å². The molecule has 0 aliphatic carbocycles. The fraction of sp³-hybridized carbons (Fsp3) is 0.231. The lowest BCUT2D eigenvalue weighted by atomic mass is 10.2. The third-order valence-corrected chi connectivity index (χ3v) is 3.00. The molecule has 0 saturated heterocycles. The standard InChI is InChI=1S/C13H14N4O2/c1-7(14)6-17-12-8(5-16-17)2-3-10-9(12)4-11(19-10)13(15)18/h2-5,7H,6,14H2,1H3,(H2,15,18). The molecule has 6 heteroatoms. The van der Waals surface area contributed by atoms with Gasteiger partial charge in [-0.05, 0) is 25.1 Å². The molecule has 0 fully saturated rings. The van der Waals surface area contributed by atoms with Gasteiger partial charge in [-0.2, -0.15) is 5.10 Å². The van der Waals surface area contributed by atoms with Crippen molar-refractivity contribution in [3.8, 4) is 0 Å². The average molecular weight is 258 g/mol. The molecule has 1 amide bonds. The zero-order valence-corrected chi connectivity index (χ0v) is 10.5. The van der Waals surface area contributed by atoms with Crippen LogP contribution in [0, 0.1) is 0 Å². The third-order valence-electron chi connectivity index (χ3n) is 3.00. The van der Waals surface area contributed by atoms with Crippen molar-refractivity contribution in [3.63, 3.8) is 0 Å². The highest BCUT2D eigenvalue weighted by molar-refractivity contribution is 6.06. The van der Waals surface area contributed by atoms with Gasteiger partial charge in [0.15, 0.2) is 5.76 Å². The number of nitrogens with two attached hydrogens (primary N) is 2. The van der Waals surface area contributed by atoms with Gasteiger partial charge in [-0.1, -0.05) is 0 Å². The fourth-order valence-corrected chi connectivity index (χ4v) is 2.23. The van der Waals surface area contributed by atoms with Gasteiger partial charge >= 0.3 is 0 Å². The summed E-state index contributed by atoms with van der Waals surface area (Å²) in [5, 5.41) is 6.12. The predicted octanol–water partition coefficient (Wildman–Crippen LogP) is 1.23. The summed E-state index contributed by atoms with van der Waals surface area (Å²) in [5.41, 5.74) is 12.6. The molecule has 19 heavy (non-hydrogen) atoms. The molecule has 0 aliphatic heterocycles. The van der Waals surface area contributed by atoms with Crippen LogP contribution >= 0.6 is 0 Å². The van der Waals surface area contributed by atoms with E-state index in [1.807, 2.05) is 23.7 Å². The molecule has 98 valence electrons. The Bertz CT molecular complexity index is 769. The minimum atomic E-state index is -0.581. The van der Waals surface area contributed by atoms with E-state index in [1.165, 1.54) is 0 Å². The molecule has 2 aromatic heterocycles. The van der Waals surface area contributed by atoms with Crippen LogP contribution < -0.4 is 11.5 Å². The van der Waals surface area contributed by atoms with Crippen LogP contribution in [0.3, 0.4) is 0 Å². The number of carbonyl (C=O) groups is 1. The third kappa shape index (κ3) is 1.86. The quantitative estimate of drug-likeness (QED) is 0.737. The molecule has 0 radical (unpaired) electrons. The summed E-state index contributed by atoms with van der Waals surface area (Å²) >= 11 is 0. The molecular weight excluding hydrogens is 244 g/mol. The summed E-state index contributed by atoms with van der Waals surface area (Å²) in [5.74, 6) is -0.432. The van der Waals surface area contributed by atoms with E-state index in [1.54, 1.807) is 12.3 Å². The van der Waals surface area contributed by atoms with Gasteiger partial charge in [0.2, 0.25) is 0 Å². The number of fused-ring (bicyclic) bond motifs is 3. The number of hydrogen-bond donors (Lipinski definition) is 2. The molecule has 1 unspecified atom stereocenters. The molecule has 0 spiro atoms. The molecular formula is C13H14N4O2. The lowest BCUT2D eigenvalue weighted by Crippen LogP contribution is -2.22. The molecule has 0 saturated carbocycles. The molecule has 1 atom stereocenters. The van der Waals surface area contributed by atoms with Crippen molar-refractivity contribution in [2.45, 2.75) is 19.5 Å². The summed E-state index contributed by atoms with van der Waals surface area (Å²) in [6, 6.07) is 5.35. The average Bonchev–Trinajstić information content (AvgIpc) is 2.91. The number of benzene rings is 1. The van der Waals surface area contributed by atoms with Crippen molar-refractivity contribution in [1.29, 1.82) is 0 Å². The Morgan fingerprint density at radius 2 is 2.32 bits per heavy atom. The fourth-order valence-electron chi connectivity index (χ4n) is 2.23. The Balaban J connectivity index is 2.30. The second kappa shape index (κ2) is 4.10. The van der Waals surface area contributed by atoms with Crippen LogP contribution in [0.4, 0.5) is 0 Å². The van der Waals surface area contributed by atoms with Crippen LogP contribution in [0.2, 0.25) is 0 Å². The number of carbonyl (C=O) groups excluding carboxylic acids is 1. The molecule has 3 rings (SSSR count). The van der Waals surface area contributed by atoms with Crippen molar-refractivity contribution in [2.24, 2.45) is 11.5 Å². The summed E-state index contributed by atoms with van der Waals surface area (Å²) < 4.78 is 7.24. The zero-order valence-electron chi connectivity index (χ0n) is 10.5. The monoisotopic (exact) mass is 258 g/mol.